The number of benzene rings is 2. The van der Waals surface area contributed by atoms with Crippen LogP contribution in [0.2, 0.25) is 0 Å². The van der Waals surface area contributed by atoms with Gasteiger partial charge in [-0.15, -0.1) is 0 Å². The van der Waals surface area contributed by atoms with Crippen LogP contribution in [0, 0.1) is 13.8 Å². The Morgan fingerprint density at radius 3 is 2.83 bits per heavy atom. The van der Waals surface area contributed by atoms with Crippen LogP contribution >= 0.6 is 0 Å². The minimum atomic E-state index is 0.0873. The molecule has 3 nitrogen and oxygen atoms in total. The van der Waals surface area contributed by atoms with Crippen LogP contribution in [0.25, 0.3) is 0 Å². The van der Waals surface area contributed by atoms with Crippen LogP contribution in [0.1, 0.15) is 41.1 Å². The van der Waals surface area contributed by atoms with Crippen LogP contribution in [0.15, 0.2) is 42.5 Å². The summed E-state index contributed by atoms with van der Waals surface area (Å²) in [6.07, 6.45) is 3.52. The zero-order chi connectivity index (χ0) is 17.1. The Hall–Kier alpha value is -2.13. The van der Waals surface area contributed by atoms with Gasteiger partial charge in [0.2, 0.25) is 0 Å². The van der Waals surface area contributed by atoms with Gasteiger partial charge in [-0.3, -0.25) is 4.79 Å². The molecule has 0 bridgehead atoms. The van der Waals surface area contributed by atoms with E-state index in [-0.39, 0.29) is 5.91 Å². The van der Waals surface area contributed by atoms with Crippen LogP contribution in [-0.2, 0) is 11.2 Å². The van der Waals surface area contributed by atoms with E-state index in [4.69, 9.17) is 0 Å². The molecule has 3 rings (SSSR count). The highest BCUT2D eigenvalue weighted by Gasteiger charge is 2.27. The predicted octanol–water partition coefficient (Wildman–Crippen LogP) is 2.83. The van der Waals surface area contributed by atoms with Crippen molar-refractivity contribution in [3.05, 3.63) is 64.7 Å². The Morgan fingerprint density at radius 2 is 2.00 bits per heavy atom. The molecule has 2 aromatic rings. The molecule has 1 unspecified atom stereocenters. The zero-order valence-electron chi connectivity index (χ0n) is 14.9. The van der Waals surface area contributed by atoms with Crippen molar-refractivity contribution in [3.63, 3.8) is 0 Å². The summed E-state index contributed by atoms with van der Waals surface area (Å²) in [4.78, 5) is 13.8. The first-order valence-corrected chi connectivity index (χ1v) is 8.82. The van der Waals surface area contributed by atoms with E-state index in [0.717, 1.165) is 29.7 Å². The summed E-state index contributed by atoms with van der Waals surface area (Å²) in [6.45, 7) is 4.57. The number of anilines is 1. The fraction of sp³-hybridized carbons (Fsp3) is 0.381. The number of hydrogen-bond acceptors (Lipinski definition) is 1. The van der Waals surface area contributed by atoms with Crippen molar-refractivity contribution < 1.29 is 9.69 Å². The van der Waals surface area contributed by atoms with Gasteiger partial charge >= 0.3 is 0 Å². The SMILES string of the molecule is Cc1ccc(C)c(NC(=O)C[NH+](C)[C@H]2CCCc3ccccc32)c1. The third-order valence-electron chi connectivity index (χ3n) is 5.07. The number of carbonyl (C=O) groups excluding carboxylic acids is 1. The van der Waals surface area contributed by atoms with Gasteiger partial charge in [0.25, 0.3) is 5.91 Å². The molecule has 1 aliphatic carbocycles. The number of hydrogen-bond donors (Lipinski definition) is 2. The van der Waals surface area contributed by atoms with E-state index >= 15 is 0 Å². The molecular weight excluding hydrogens is 296 g/mol. The quantitative estimate of drug-likeness (QED) is 0.891. The molecule has 0 radical (unpaired) electrons. The van der Waals surface area contributed by atoms with Crippen molar-refractivity contribution in [2.75, 3.05) is 18.9 Å². The molecule has 3 heteroatoms. The van der Waals surface area contributed by atoms with Crippen molar-refractivity contribution >= 4 is 11.6 Å². The summed E-state index contributed by atoms with van der Waals surface area (Å²) in [6, 6.07) is 15.3. The fourth-order valence-electron chi connectivity index (χ4n) is 3.71. The van der Waals surface area contributed by atoms with Gasteiger partial charge in [-0.05, 0) is 49.4 Å². The summed E-state index contributed by atoms with van der Waals surface area (Å²) in [5.41, 5.74) is 6.06. The molecular formula is C21H27N2O+. The van der Waals surface area contributed by atoms with Gasteiger partial charge in [-0.1, -0.05) is 36.4 Å². The molecule has 126 valence electrons. The number of carbonyl (C=O) groups is 1. The normalized spacial score (nSPS) is 17.9. The summed E-state index contributed by atoms with van der Waals surface area (Å²) in [5, 5.41) is 3.09. The van der Waals surface area contributed by atoms with E-state index in [0.29, 0.717) is 12.6 Å². The highest BCUT2D eigenvalue weighted by molar-refractivity contribution is 5.92. The van der Waals surface area contributed by atoms with Gasteiger partial charge in [-0.25, -0.2) is 0 Å². The number of aryl methyl sites for hydroxylation is 3. The summed E-state index contributed by atoms with van der Waals surface area (Å²) in [5.74, 6) is 0.0873. The lowest BCUT2D eigenvalue weighted by Crippen LogP contribution is -3.10. The number of likely N-dealkylation sites (N-methyl/N-ethyl adjacent to an activating group) is 1. The maximum absolute atomic E-state index is 12.5. The molecule has 1 aliphatic rings. The Bertz CT molecular complexity index is 738. The summed E-state index contributed by atoms with van der Waals surface area (Å²) < 4.78 is 0. The van der Waals surface area contributed by atoms with Crippen molar-refractivity contribution in [1.82, 2.24) is 0 Å². The monoisotopic (exact) mass is 323 g/mol. The van der Waals surface area contributed by atoms with Crippen molar-refractivity contribution in [2.24, 2.45) is 0 Å². The minimum Gasteiger partial charge on any atom is -0.323 e. The van der Waals surface area contributed by atoms with E-state index in [1.165, 1.54) is 22.4 Å². The van der Waals surface area contributed by atoms with Crippen LogP contribution in [-0.4, -0.2) is 19.5 Å². The Kier molecular flexibility index (Phi) is 5.00. The van der Waals surface area contributed by atoms with Gasteiger partial charge < -0.3 is 10.2 Å². The van der Waals surface area contributed by atoms with Crippen molar-refractivity contribution in [1.29, 1.82) is 0 Å². The van der Waals surface area contributed by atoms with Crippen LogP contribution < -0.4 is 10.2 Å². The van der Waals surface area contributed by atoms with Gasteiger partial charge in [0.1, 0.15) is 6.04 Å². The van der Waals surface area contributed by atoms with Crippen LogP contribution in [0.5, 0.6) is 0 Å². The molecule has 2 N–H and O–H groups in total. The third kappa shape index (κ3) is 3.68. The summed E-state index contributed by atoms with van der Waals surface area (Å²) in [7, 11) is 2.13. The topological polar surface area (TPSA) is 33.5 Å². The first-order chi connectivity index (χ1) is 11.5. The molecule has 2 atom stereocenters. The van der Waals surface area contributed by atoms with Crippen molar-refractivity contribution in [2.45, 2.75) is 39.2 Å². The van der Waals surface area contributed by atoms with E-state index in [1.54, 1.807) is 0 Å². The van der Waals surface area contributed by atoms with Gasteiger partial charge in [0.05, 0.1) is 7.05 Å². The second kappa shape index (κ2) is 7.18. The molecule has 1 amide bonds. The molecule has 0 saturated carbocycles. The largest absolute Gasteiger partial charge is 0.323 e. The Balaban J connectivity index is 1.68. The van der Waals surface area contributed by atoms with E-state index in [1.807, 2.05) is 19.9 Å². The average molecular weight is 323 g/mol. The third-order valence-corrected chi connectivity index (χ3v) is 5.07. The molecule has 0 fully saturated rings. The predicted molar refractivity (Wildman–Crippen MR) is 98.4 cm³/mol. The molecule has 0 spiro atoms. The lowest BCUT2D eigenvalue weighted by molar-refractivity contribution is -0.905. The smallest absolute Gasteiger partial charge is 0.279 e. The first kappa shape index (κ1) is 16.7. The standard InChI is InChI=1S/C21H26N2O/c1-15-11-12-16(2)19(13-15)22-21(24)14-23(3)20-10-6-8-17-7-4-5-9-18(17)20/h4-5,7,9,11-13,20H,6,8,10,14H2,1-3H3,(H,22,24)/p+1/t20-/m0/s1. The second-order valence-corrected chi connectivity index (χ2v) is 7.03. The molecule has 2 aromatic carbocycles. The minimum absolute atomic E-state index is 0.0873. The van der Waals surface area contributed by atoms with Crippen LogP contribution in [0.4, 0.5) is 5.69 Å². The number of nitrogens with one attached hydrogen (secondary N) is 2. The maximum Gasteiger partial charge on any atom is 0.279 e. The fourth-order valence-corrected chi connectivity index (χ4v) is 3.71. The number of fused-ring (bicyclic) bond motifs is 1. The Morgan fingerprint density at radius 1 is 1.21 bits per heavy atom. The van der Waals surface area contributed by atoms with E-state index in [2.05, 4.69) is 48.8 Å². The van der Waals surface area contributed by atoms with Crippen molar-refractivity contribution in [3.8, 4) is 0 Å². The molecule has 0 saturated heterocycles. The van der Waals surface area contributed by atoms with Crippen LogP contribution in [0.3, 0.4) is 0 Å². The number of quaternary nitrogens is 1. The van der Waals surface area contributed by atoms with Gasteiger partial charge in [0, 0.05) is 17.7 Å². The molecule has 0 heterocycles. The lowest BCUT2D eigenvalue weighted by atomic mass is 9.87. The molecule has 0 aromatic heterocycles. The second-order valence-electron chi connectivity index (χ2n) is 7.03. The Labute approximate surface area is 144 Å². The van der Waals surface area contributed by atoms with E-state index in [9.17, 15) is 4.79 Å². The highest BCUT2D eigenvalue weighted by Crippen LogP contribution is 2.27. The summed E-state index contributed by atoms with van der Waals surface area (Å²) >= 11 is 0. The molecule has 24 heavy (non-hydrogen) atoms. The highest BCUT2D eigenvalue weighted by atomic mass is 16.2. The zero-order valence-corrected chi connectivity index (χ0v) is 14.9. The number of amides is 1. The first-order valence-electron chi connectivity index (χ1n) is 8.82. The lowest BCUT2D eigenvalue weighted by Gasteiger charge is -2.30. The van der Waals surface area contributed by atoms with Gasteiger partial charge in [0.15, 0.2) is 6.54 Å². The average Bonchev–Trinajstić information content (AvgIpc) is 2.57. The number of rotatable bonds is 4. The maximum atomic E-state index is 12.5. The van der Waals surface area contributed by atoms with Gasteiger partial charge in [-0.2, -0.15) is 0 Å². The van der Waals surface area contributed by atoms with E-state index < -0.39 is 0 Å². The molecule has 0 aliphatic heterocycles.